The molecule has 1 aromatic heterocycles. The lowest BCUT2D eigenvalue weighted by atomic mass is 10.1. The second-order valence-electron chi connectivity index (χ2n) is 4.17. The first-order valence-corrected chi connectivity index (χ1v) is 5.61. The van der Waals surface area contributed by atoms with E-state index in [1.165, 1.54) is 5.56 Å². The Bertz CT molecular complexity index is 588. The highest BCUT2D eigenvalue weighted by Crippen LogP contribution is 2.17. The van der Waals surface area contributed by atoms with Gasteiger partial charge in [-0.15, -0.1) is 5.10 Å². The number of anilines is 1. The summed E-state index contributed by atoms with van der Waals surface area (Å²) < 4.78 is 4.67. The zero-order valence-corrected chi connectivity index (χ0v) is 10.2. The fourth-order valence-corrected chi connectivity index (χ4v) is 1.69. The molecular formula is C12H15N3O3. The number of aryl methyl sites for hydroxylation is 2. The number of rotatable bonds is 4. The summed E-state index contributed by atoms with van der Waals surface area (Å²) >= 11 is 0. The first-order chi connectivity index (χ1) is 8.56. The zero-order chi connectivity index (χ0) is 13.1. The van der Waals surface area contributed by atoms with Gasteiger partial charge in [0, 0.05) is 12.2 Å². The number of nitrogens with zero attached hydrogens (tertiary/aromatic N) is 1. The maximum absolute atomic E-state index is 10.7. The molecular weight excluding hydrogens is 234 g/mol. The van der Waals surface area contributed by atoms with Crippen molar-refractivity contribution in [1.29, 1.82) is 0 Å². The summed E-state index contributed by atoms with van der Waals surface area (Å²) in [6, 6.07) is 5.97. The molecule has 0 spiro atoms. The molecule has 0 radical (unpaired) electrons. The minimum atomic E-state index is -0.968. The molecule has 3 N–H and O–H groups in total. The van der Waals surface area contributed by atoms with E-state index in [2.05, 4.69) is 19.9 Å². The number of aliphatic hydroxyl groups excluding tert-OH is 1. The molecule has 1 unspecified atom stereocenters. The van der Waals surface area contributed by atoms with E-state index in [0.29, 0.717) is 0 Å². The van der Waals surface area contributed by atoms with Gasteiger partial charge in [0.1, 0.15) is 6.10 Å². The molecule has 96 valence electrons. The van der Waals surface area contributed by atoms with Gasteiger partial charge in [-0.2, -0.15) is 0 Å². The maximum Gasteiger partial charge on any atom is 0.434 e. The third-order valence-electron chi connectivity index (χ3n) is 2.61. The lowest BCUT2D eigenvalue weighted by molar-refractivity contribution is 0.154. The van der Waals surface area contributed by atoms with Crippen LogP contribution in [-0.4, -0.2) is 21.8 Å². The van der Waals surface area contributed by atoms with Crippen molar-refractivity contribution in [3.63, 3.8) is 0 Å². The van der Waals surface area contributed by atoms with Crippen LogP contribution in [0.2, 0.25) is 0 Å². The Hall–Kier alpha value is -2.08. The van der Waals surface area contributed by atoms with Gasteiger partial charge in [-0.25, -0.2) is 9.89 Å². The molecule has 0 aliphatic heterocycles. The summed E-state index contributed by atoms with van der Waals surface area (Å²) in [5, 5.41) is 18.5. The van der Waals surface area contributed by atoms with Crippen LogP contribution in [0.5, 0.6) is 0 Å². The summed E-state index contributed by atoms with van der Waals surface area (Å²) in [6.07, 6.45) is -0.968. The number of H-pyrrole nitrogens is 1. The monoisotopic (exact) mass is 249 g/mol. The van der Waals surface area contributed by atoms with Crippen molar-refractivity contribution >= 4 is 5.69 Å². The molecule has 0 saturated heterocycles. The number of aromatic amines is 1. The SMILES string of the molecule is Cc1ccc(NCC(O)c2n[nH]c(=O)o2)c(C)c1. The van der Waals surface area contributed by atoms with Crippen molar-refractivity contribution in [2.75, 3.05) is 11.9 Å². The van der Waals surface area contributed by atoms with Crippen LogP contribution in [0, 0.1) is 13.8 Å². The Balaban J connectivity index is 2.01. The van der Waals surface area contributed by atoms with Crippen molar-refractivity contribution in [1.82, 2.24) is 10.2 Å². The highest BCUT2D eigenvalue weighted by atomic mass is 16.4. The Labute approximate surface area is 104 Å². The minimum absolute atomic E-state index is 0.0164. The number of aliphatic hydroxyl groups is 1. The third kappa shape index (κ3) is 2.78. The second kappa shape index (κ2) is 5.05. The smallest absolute Gasteiger partial charge is 0.390 e. The van der Waals surface area contributed by atoms with Gasteiger partial charge in [0.05, 0.1) is 0 Å². The number of benzene rings is 1. The van der Waals surface area contributed by atoms with Crippen molar-refractivity contribution in [2.24, 2.45) is 0 Å². The molecule has 0 fully saturated rings. The lowest BCUT2D eigenvalue weighted by Crippen LogP contribution is -2.13. The first kappa shape index (κ1) is 12.4. The molecule has 0 aliphatic carbocycles. The van der Waals surface area contributed by atoms with Gasteiger partial charge in [0.2, 0.25) is 5.89 Å². The molecule has 0 amide bonds. The van der Waals surface area contributed by atoms with Gasteiger partial charge in [-0.05, 0) is 25.5 Å². The Kier molecular flexibility index (Phi) is 3.47. The topological polar surface area (TPSA) is 91.1 Å². The average molecular weight is 249 g/mol. The van der Waals surface area contributed by atoms with Crippen LogP contribution in [0.3, 0.4) is 0 Å². The van der Waals surface area contributed by atoms with Gasteiger partial charge >= 0.3 is 5.76 Å². The minimum Gasteiger partial charge on any atom is -0.390 e. The van der Waals surface area contributed by atoms with Gasteiger partial charge < -0.3 is 14.8 Å². The van der Waals surface area contributed by atoms with Crippen LogP contribution in [-0.2, 0) is 0 Å². The van der Waals surface area contributed by atoms with Crippen LogP contribution < -0.4 is 11.1 Å². The molecule has 0 aliphatic rings. The largest absolute Gasteiger partial charge is 0.434 e. The normalized spacial score (nSPS) is 12.4. The Morgan fingerprint density at radius 3 is 2.89 bits per heavy atom. The molecule has 6 heteroatoms. The fraction of sp³-hybridized carbons (Fsp3) is 0.333. The molecule has 2 rings (SSSR count). The van der Waals surface area contributed by atoms with E-state index in [1.807, 2.05) is 32.0 Å². The van der Waals surface area contributed by atoms with Gasteiger partial charge in [-0.1, -0.05) is 17.7 Å². The van der Waals surface area contributed by atoms with E-state index < -0.39 is 11.9 Å². The predicted molar refractivity (Wildman–Crippen MR) is 66.5 cm³/mol. The van der Waals surface area contributed by atoms with Gasteiger partial charge in [0.15, 0.2) is 0 Å². The summed E-state index contributed by atoms with van der Waals surface area (Å²) in [5.74, 6) is -0.687. The van der Waals surface area contributed by atoms with Gasteiger partial charge in [0.25, 0.3) is 0 Å². The summed E-state index contributed by atoms with van der Waals surface area (Å²) in [7, 11) is 0. The second-order valence-corrected chi connectivity index (χ2v) is 4.17. The Morgan fingerprint density at radius 1 is 1.50 bits per heavy atom. The molecule has 0 bridgehead atoms. The van der Waals surface area contributed by atoms with Crippen LogP contribution in [0.1, 0.15) is 23.1 Å². The van der Waals surface area contributed by atoms with Crippen LogP contribution in [0.15, 0.2) is 27.4 Å². The molecule has 1 atom stereocenters. The molecule has 0 saturated carbocycles. The molecule has 1 heterocycles. The van der Waals surface area contributed by atoms with Crippen molar-refractivity contribution in [2.45, 2.75) is 20.0 Å². The van der Waals surface area contributed by atoms with Crippen LogP contribution >= 0.6 is 0 Å². The summed E-state index contributed by atoms with van der Waals surface area (Å²) in [6.45, 7) is 4.22. The predicted octanol–water partition coefficient (Wildman–Crippen LogP) is 1.13. The molecule has 6 nitrogen and oxygen atoms in total. The summed E-state index contributed by atoms with van der Waals surface area (Å²) in [5.41, 5.74) is 3.19. The van der Waals surface area contributed by atoms with E-state index in [1.54, 1.807) is 0 Å². The first-order valence-electron chi connectivity index (χ1n) is 5.61. The number of hydrogen-bond donors (Lipinski definition) is 3. The Morgan fingerprint density at radius 2 is 2.28 bits per heavy atom. The third-order valence-corrected chi connectivity index (χ3v) is 2.61. The maximum atomic E-state index is 10.7. The van der Waals surface area contributed by atoms with E-state index in [4.69, 9.17) is 0 Å². The molecule has 1 aromatic carbocycles. The van der Waals surface area contributed by atoms with Crippen molar-refractivity contribution in [3.8, 4) is 0 Å². The standard InChI is InChI=1S/C12H15N3O3/c1-7-3-4-9(8(2)5-7)13-6-10(16)11-14-15-12(17)18-11/h3-5,10,13,16H,6H2,1-2H3,(H,15,17). The quantitative estimate of drug-likeness (QED) is 0.755. The van der Waals surface area contributed by atoms with Crippen LogP contribution in [0.4, 0.5) is 5.69 Å². The van der Waals surface area contributed by atoms with Crippen LogP contribution in [0.25, 0.3) is 0 Å². The average Bonchev–Trinajstić information content (AvgIpc) is 2.74. The van der Waals surface area contributed by atoms with E-state index in [-0.39, 0.29) is 12.4 Å². The van der Waals surface area contributed by atoms with Crippen molar-refractivity contribution < 1.29 is 9.52 Å². The summed E-state index contributed by atoms with van der Waals surface area (Å²) in [4.78, 5) is 10.7. The van der Waals surface area contributed by atoms with E-state index in [0.717, 1.165) is 11.3 Å². The molecule has 18 heavy (non-hydrogen) atoms. The van der Waals surface area contributed by atoms with Crippen molar-refractivity contribution in [3.05, 3.63) is 45.8 Å². The number of hydrogen-bond acceptors (Lipinski definition) is 5. The van der Waals surface area contributed by atoms with E-state index >= 15 is 0 Å². The lowest BCUT2D eigenvalue weighted by Gasteiger charge is -2.12. The van der Waals surface area contributed by atoms with Gasteiger partial charge in [-0.3, -0.25) is 0 Å². The highest BCUT2D eigenvalue weighted by Gasteiger charge is 2.14. The number of aromatic nitrogens is 2. The van der Waals surface area contributed by atoms with E-state index in [9.17, 15) is 9.90 Å². The zero-order valence-electron chi connectivity index (χ0n) is 10.2. The highest BCUT2D eigenvalue weighted by molar-refractivity contribution is 5.51. The number of nitrogens with one attached hydrogen (secondary N) is 2. The molecule has 2 aromatic rings. The fourth-order valence-electron chi connectivity index (χ4n) is 1.69.